The minimum Gasteiger partial charge on any atom is -0.388 e. The van der Waals surface area contributed by atoms with Gasteiger partial charge in [0.15, 0.2) is 0 Å². The lowest BCUT2D eigenvalue weighted by atomic mass is 10.0. The van der Waals surface area contributed by atoms with Crippen LogP contribution in [0.3, 0.4) is 0 Å². The molecule has 0 fully saturated rings. The SMILES string of the molecule is CC(CC(O)c1ccc(F)cc1)NC(=O)c1ccccc1[N+](=O)[O-]. The second kappa shape index (κ2) is 7.65. The molecule has 2 unspecified atom stereocenters. The summed E-state index contributed by atoms with van der Waals surface area (Å²) in [5.41, 5.74) is 0.218. The lowest BCUT2D eigenvalue weighted by Crippen LogP contribution is -2.34. The zero-order valence-electron chi connectivity index (χ0n) is 13.0. The molecule has 2 rings (SSSR count). The Balaban J connectivity index is 2.01. The van der Waals surface area contributed by atoms with Crippen LogP contribution < -0.4 is 5.32 Å². The average molecular weight is 332 g/mol. The molecule has 2 aromatic rings. The third-order valence-electron chi connectivity index (χ3n) is 3.55. The molecule has 0 heterocycles. The van der Waals surface area contributed by atoms with E-state index in [1.54, 1.807) is 13.0 Å². The van der Waals surface area contributed by atoms with E-state index in [1.165, 1.54) is 42.5 Å². The molecular weight excluding hydrogens is 315 g/mol. The van der Waals surface area contributed by atoms with E-state index in [2.05, 4.69) is 5.32 Å². The van der Waals surface area contributed by atoms with Gasteiger partial charge < -0.3 is 10.4 Å². The Bertz CT molecular complexity index is 734. The van der Waals surface area contributed by atoms with Crippen LogP contribution in [0.1, 0.15) is 35.4 Å². The molecule has 2 aromatic carbocycles. The monoisotopic (exact) mass is 332 g/mol. The second-order valence-corrected chi connectivity index (χ2v) is 5.45. The van der Waals surface area contributed by atoms with Crippen molar-refractivity contribution < 1.29 is 19.2 Å². The number of benzene rings is 2. The summed E-state index contributed by atoms with van der Waals surface area (Å²) in [7, 11) is 0. The highest BCUT2D eigenvalue weighted by Crippen LogP contribution is 2.20. The average Bonchev–Trinajstić information content (AvgIpc) is 2.55. The standard InChI is InChI=1S/C17H17FN2O4/c1-11(10-16(21)12-6-8-13(18)9-7-12)19-17(22)14-4-2-3-5-15(14)20(23)24/h2-9,11,16,21H,10H2,1H3,(H,19,22). The van der Waals surface area contributed by atoms with E-state index in [9.17, 15) is 24.4 Å². The molecule has 2 N–H and O–H groups in total. The van der Waals surface area contributed by atoms with Crippen molar-refractivity contribution in [2.75, 3.05) is 0 Å². The van der Waals surface area contributed by atoms with Crippen molar-refractivity contribution in [2.45, 2.75) is 25.5 Å². The number of carbonyl (C=O) groups excluding carboxylic acids is 1. The molecule has 0 aliphatic heterocycles. The number of nitrogens with zero attached hydrogens (tertiary/aromatic N) is 1. The number of nitrogens with one attached hydrogen (secondary N) is 1. The number of amides is 1. The fourth-order valence-electron chi connectivity index (χ4n) is 2.34. The minimum absolute atomic E-state index is 0.0365. The first kappa shape index (κ1) is 17.6. The molecule has 0 aliphatic rings. The van der Waals surface area contributed by atoms with Crippen molar-refractivity contribution in [1.29, 1.82) is 0 Å². The molecule has 0 spiro atoms. The molecule has 7 heteroatoms. The first-order valence-electron chi connectivity index (χ1n) is 7.36. The van der Waals surface area contributed by atoms with Crippen LogP contribution in [0, 0.1) is 15.9 Å². The molecule has 6 nitrogen and oxygen atoms in total. The second-order valence-electron chi connectivity index (χ2n) is 5.45. The van der Waals surface area contributed by atoms with Crippen LogP contribution in [0.4, 0.5) is 10.1 Å². The smallest absolute Gasteiger partial charge is 0.282 e. The summed E-state index contributed by atoms with van der Waals surface area (Å²) in [5, 5.41) is 23.7. The van der Waals surface area contributed by atoms with Crippen LogP contribution in [0.2, 0.25) is 0 Å². The van der Waals surface area contributed by atoms with E-state index >= 15 is 0 Å². The molecule has 2 atom stereocenters. The minimum atomic E-state index is -0.883. The van der Waals surface area contributed by atoms with Crippen LogP contribution >= 0.6 is 0 Å². The quantitative estimate of drug-likeness (QED) is 0.628. The Kier molecular flexibility index (Phi) is 5.59. The summed E-state index contributed by atoms with van der Waals surface area (Å²) in [6.07, 6.45) is -0.690. The van der Waals surface area contributed by atoms with E-state index in [0.717, 1.165) is 0 Å². The van der Waals surface area contributed by atoms with Gasteiger partial charge >= 0.3 is 0 Å². The van der Waals surface area contributed by atoms with Crippen molar-refractivity contribution in [3.05, 3.63) is 75.6 Å². The Hall–Kier alpha value is -2.80. The molecule has 126 valence electrons. The van der Waals surface area contributed by atoms with Crippen LogP contribution in [0.5, 0.6) is 0 Å². The number of nitro groups is 1. The molecule has 0 aromatic heterocycles. The summed E-state index contributed by atoms with van der Waals surface area (Å²) in [4.78, 5) is 22.5. The van der Waals surface area contributed by atoms with Gasteiger partial charge in [-0.15, -0.1) is 0 Å². The van der Waals surface area contributed by atoms with Crippen molar-refractivity contribution in [2.24, 2.45) is 0 Å². The topological polar surface area (TPSA) is 92.5 Å². The summed E-state index contributed by atoms with van der Waals surface area (Å²) in [6.45, 7) is 1.68. The van der Waals surface area contributed by atoms with Gasteiger partial charge in [-0.25, -0.2) is 4.39 Å². The number of carbonyl (C=O) groups is 1. The molecule has 0 saturated carbocycles. The van der Waals surface area contributed by atoms with E-state index in [4.69, 9.17) is 0 Å². The number of hydrogen-bond donors (Lipinski definition) is 2. The van der Waals surface area contributed by atoms with E-state index in [1.807, 2.05) is 0 Å². The number of aliphatic hydroxyl groups is 1. The van der Waals surface area contributed by atoms with Crippen LogP contribution in [-0.4, -0.2) is 22.0 Å². The summed E-state index contributed by atoms with van der Waals surface area (Å²) >= 11 is 0. The van der Waals surface area contributed by atoms with Gasteiger partial charge in [-0.1, -0.05) is 24.3 Å². The highest BCUT2D eigenvalue weighted by atomic mass is 19.1. The lowest BCUT2D eigenvalue weighted by Gasteiger charge is -2.18. The van der Waals surface area contributed by atoms with Crippen molar-refractivity contribution >= 4 is 11.6 Å². The van der Waals surface area contributed by atoms with Crippen molar-refractivity contribution in [3.63, 3.8) is 0 Å². The fourth-order valence-corrected chi connectivity index (χ4v) is 2.34. The van der Waals surface area contributed by atoms with Crippen LogP contribution in [0.25, 0.3) is 0 Å². The summed E-state index contributed by atoms with van der Waals surface area (Å²) < 4.78 is 12.9. The normalized spacial score (nSPS) is 13.1. The summed E-state index contributed by atoms with van der Waals surface area (Å²) in [6, 6.07) is 10.6. The number of halogens is 1. The third-order valence-corrected chi connectivity index (χ3v) is 3.55. The molecule has 0 bridgehead atoms. The zero-order chi connectivity index (χ0) is 17.7. The van der Waals surface area contributed by atoms with Gasteiger partial charge in [0, 0.05) is 12.1 Å². The Morgan fingerprint density at radius 2 is 1.88 bits per heavy atom. The van der Waals surface area contributed by atoms with Crippen LogP contribution in [0.15, 0.2) is 48.5 Å². The molecular formula is C17H17FN2O4. The maximum absolute atomic E-state index is 12.9. The number of aliphatic hydroxyl groups excluding tert-OH is 1. The first-order chi connectivity index (χ1) is 11.4. The third kappa shape index (κ3) is 4.36. The Labute approximate surface area is 138 Å². The molecule has 24 heavy (non-hydrogen) atoms. The molecule has 0 saturated heterocycles. The van der Waals surface area contributed by atoms with Gasteiger partial charge in [-0.2, -0.15) is 0 Å². The van der Waals surface area contributed by atoms with Gasteiger partial charge in [0.25, 0.3) is 11.6 Å². The molecule has 0 aliphatic carbocycles. The van der Waals surface area contributed by atoms with Crippen LogP contribution in [-0.2, 0) is 0 Å². The number of hydrogen-bond acceptors (Lipinski definition) is 4. The van der Waals surface area contributed by atoms with E-state index in [-0.39, 0.29) is 17.7 Å². The Morgan fingerprint density at radius 3 is 2.50 bits per heavy atom. The lowest BCUT2D eigenvalue weighted by molar-refractivity contribution is -0.385. The molecule has 1 amide bonds. The fraction of sp³-hybridized carbons (Fsp3) is 0.235. The van der Waals surface area contributed by atoms with E-state index < -0.39 is 28.8 Å². The first-order valence-corrected chi connectivity index (χ1v) is 7.36. The number of para-hydroxylation sites is 1. The largest absolute Gasteiger partial charge is 0.388 e. The van der Waals surface area contributed by atoms with Gasteiger partial charge in [0.2, 0.25) is 0 Å². The van der Waals surface area contributed by atoms with Crippen molar-refractivity contribution in [1.82, 2.24) is 5.32 Å². The van der Waals surface area contributed by atoms with Crippen molar-refractivity contribution in [3.8, 4) is 0 Å². The van der Waals surface area contributed by atoms with Gasteiger partial charge in [0.05, 0.1) is 11.0 Å². The molecule has 0 radical (unpaired) electrons. The van der Waals surface area contributed by atoms with Gasteiger partial charge in [0.1, 0.15) is 11.4 Å². The predicted molar refractivity (Wildman–Crippen MR) is 86.0 cm³/mol. The zero-order valence-corrected chi connectivity index (χ0v) is 13.0. The predicted octanol–water partition coefficient (Wildman–Crippen LogP) is 2.98. The number of rotatable bonds is 6. The maximum atomic E-state index is 12.9. The van der Waals surface area contributed by atoms with Gasteiger partial charge in [-0.3, -0.25) is 14.9 Å². The highest BCUT2D eigenvalue weighted by molar-refractivity contribution is 5.98. The van der Waals surface area contributed by atoms with E-state index in [0.29, 0.717) is 5.56 Å². The Morgan fingerprint density at radius 1 is 1.25 bits per heavy atom. The maximum Gasteiger partial charge on any atom is 0.282 e. The van der Waals surface area contributed by atoms with Gasteiger partial charge in [-0.05, 0) is 37.1 Å². The highest BCUT2D eigenvalue weighted by Gasteiger charge is 2.21. The number of nitro benzene ring substituents is 1. The summed E-state index contributed by atoms with van der Waals surface area (Å²) in [5.74, 6) is -0.982.